The van der Waals surface area contributed by atoms with Gasteiger partial charge in [0.15, 0.2) is 0 Å². The van der Waals surface area contributed by atoms with E-state index in [1.165, 1.54) is 13.2 Å². The molecule has 1 fully saturated rings. The number of nitrogens with one attached hydrogen (secondary N) is 1. The first-order valence-corrected chi connectivity index (χ1v) is 11.6. The van der Waals surface area contributed by atoms with E-state index in [0.717, 1.165) is 51.4 Å². The smallest absolute Gasteiger partial charge is 0.416 e. The van der Waals surface area contributed by atoms with Crippen molar-refractivity contribution in [2.75, 3.05) is 51.9 Å². The van der Waals surface area contributed by atoms with Crippen molar-refractivity contribution >= 4 is 22.5 Å². The SMILES string of the molecule is COc1nc(C2C(=O)Nc3cc(C(F)(F)F)ccc32)c2ccc(OCCCN3CCOCC3)cc2n1. The Bertz CT molecular complexity index is 1280. The molecule has 1 aromatic heterocycles. The van der Waals surface area contributed by atoms with E-state index >= 15 is 0 Å². The summed E-state index contributed by atoms with van der Waals surface area (Å²) in [5, 5.41) is 3.14. The molecule has 1 N–H and O–H groups in total. The van der Waals surface area contributed by atoms with Gasteiger partial charge in [0.05, 0.1) is 43.7 Å². The second-order valence-electron chi connectivity index (χ2n) is 8.65. The topological polar surface area (TPSA) is 85.8 Å². The molecule has 0 radical (unpaired) electrons. The van der Waals surface area contributed by atoms with Crippen LogP contribution in [0.2, 0.25) is 0 Å². The number of hydrogen-bond acceptors (Lipinski definition) is 7. The van der Waals surface area contributed by atoms with Crippen LogP contribution in [0.1, 0.15) is 29.2 Å². The van der Waals surface area contributed by atoms with E-state index in [2.05, 4.69) is 20.2 Å². The van der Waals surface area contributed by atoms with Gasteiger partial charge in [0.2, 0.25) is 5.91 Å². The molecule has 0 aliphatic carbocycles. The van der Waals surface area contributed by atoms with Gasteiger partial charge in [-0.05, 0) is 36.2 Å². The minimum absolute atomic E-state index is 0.0510. The highest BCUT2D eigenvalue weighted by Crippen LogP contribution is 2.42. The molecule has 2 aliphatic rings. The summed E-state index contributed by atoms with van der Waals surface area (Å²) in [4.78, 5) is 24.0. The molecule has 3 aromatic rings. The minimum Gasteiger partial charge on any atom is -0.493 e. The van der Waals surface area contributed by atoms with Gasteiger partial charge < -0.3 is 19.5 Å². The number of methoxy groups -OCH3 is 1. The van der Waals surface area contributed by atoms with Crippen molar-refractivity contribution in [3.05, 3.63) is 53.2 Å². The van der Waals surface area contributed by atoms with Gasteiger partial charge in [0.25, 0.3) is 0 Å². The third-order valence-electron chi connectivity index (χ3n) is 6.34. The van der Waals surface area contributed by atoms with Gasteiger partial charge in [0, 0.05) is 36.8 Å². The summed E-state index contributed by atoms with van der Waals surface area (Å²) < 4.78 is 56.0. The van der Waals surface area contributed by atoms with E-state index in [0.29, 0.717) is 34.5 Å². The normalized spacial score (nSPS) is 18.2. The summed E-state index contributed by atoms with van der Waals surface area (Å²) in [5.74, 6) is -0.751. The zero-order valence-corrected chi connectivity index (χ0v) is 19.6. The molecule has 0 spiro atoms. The van der Waals surface area contributed by atoms with Gasteiger partial charge in [-0.15, -0.1) is 0 Å². The zero-order valence-electron chi connectivity index (χ0n) is 19.6. The Morgan fingerprint density at radius 2 is 1.94 bits per heavy atom. The number of amides is 1. The number of alkyl halides is 3. The largest absolute Gasteiger partial charge is 0.493 e. The van der Waals surface area contributed by atoms with Gasteiger partial charge in [-0.1, -0.05) is 6.07 Å². The van der Waals surface area contributed by atoms with Crippen LogP contribution < -0.4 is 14.8 Å². The Labute approximate surface area is 205 Å². The number of rotatable bonds is 7. The second-order valence-corrected chi connectivity index (χ2v) is 8.65. The number of carbonyl (C=O) groups is 1. The number of hydrogen-bond donors (Lipinski definition) is 1. The van der Waals surface area contributed by atoms with E-state index in [9.17, 15) is 18.0 Å². The standard InChI is InChI=1S/C25H25F3N4O4/c1-34-24-30-20-14-16(36-10-2-7-32-8-11-35-12-9-32)4-6-18(20)22(31-24)21-17-5-3-15(25(26,27)28)13-19(17)29-23(21)33/h3-6,13-14,21H,2,7-12H2,1H3,(H,29,33). The van der Waals surface area contributed by atoms with Gasteiger partial charge in [0.1, 0.15) is 11.7 Å². The van der Waals surface area contributed by atoms with Crippen LogP contribution in [0, 0.1) is 0 Å². The van der Waals surface area contributed by atoms with Gasteiger partial charge in [-0.3, -0.25) is 9.69 Å². The number of halogens is 3. The first-order valence-electron chi connectivity index (χ1n) is 11.6. The van der Waals surface area contributed by atoms with Gasteiger partial charge in [-0.25, -0.2) is 0 Å². The lowest BCUT2D eigenvalue weighted by atomic mass is 9.93. The first kappa shape index (κ1) is 24.3. The molecule has 0 bridgehead atoms. The summed E-state index contributed by atoms with van der Waals surface area (Å²) in [6, 6.07) is 8.56. The van der Waals surface area contributed by atoms with Crippen molar-refractivity contribution in [3.63, 3.8) is 0 Å². The number of fused-ring (bicyclic) bond motifs is 2. The van der Waals surface area contributed by atoms with E-state index in [-0.39, 0.29) is 11.7 Å². The lowest BCUT2D eigenvalue weighted by Crippen LogP contribution is -2.37. The predicted molar refractivity (Wildman–Crippen MR) is 125 cm³/mol. The maximum absolute atomic E-state index is 13.2. The summed E-state index contributed by atoms with van der Waals surface area (Å²) >= 11 is 0. The highest BCUT2D eigenvalue weighted by Gasteiger charge is 2.38. The molecule has 0 saturated carbocycles. The fraction of sp³-hybridized carbons (Fsp3) is 0.400. The third-order valence-corrected chi connectivity index (χ3v) is 6.34. The summed E-state index contributed by atoms with van der Waals surface area (Å²) in [5.41, 5.74) is 0.564. The number of nitrogens with zero attached hydrogens (tertiary/aromatic N) is 3. The monoisotopic (exact) mass is 502 g/mol. The maximum Gasteiger partial charge on any atom is 0.416 e. The molecule has 1 amide bonds. The van der Waals surface area contributed by atoms with Crippen molar-refractivity contribution < 1.29 is 32.2 Å². The van der Waals surface area contributed by atoms with Crippen LogP contribution in [0.3, 0.4) is 0 Å². The lowest BCUT2D eigenvalue weighted by molar-refractivity contribution is -0.137. The van der Waals surface area contributed by atoms with Crippen molar-refractivity contribution in [2.45, 2.75) is 18.5 Å². The Balaban J connectivity index is 1.40. The highest BCUT2D eigenvalue weighted by molar-refractivity contribution is 6.06. The van der Waals surface area contributed by atoms with Crippen molar-refractivity contribution in [3.8, 4) is 11.8 Å². The van der Waals surface area contributed by atoms with Crippen LogP contribution in [0.5, 0.6) is 11.8 Å². The highest BCUT2D eigenvalue weighted by atomic mass is 19.4. The third kappa shape index (κ3) is 4.93. The zero-order chi connectivity index (χ0) is 25.3. The molecule has 1 atom stereocenters. The molecule has 2 aromatic carbocycles. The molecule has 5 rings (SSSR count). The molecule has 36 heavy (non-hydrogen) atoms. The van der Waals surface area contributed by atoms with Crippen LogP contribution >= 0.6 is 0 Å². The average Bonchev–Trinajstić information content (AvgIpc) is 3.20. The van der Waals surface area contributed by atoms with Crippen LogP contribution in [0.15, 0.2) is 36.4 Å². The maximum atomic E-state index is 13.2. The van der Waals surface area contributed by atoms with Crippen LogP contribution in [0.4, 0.5) is 18.9 Å². The summed E-state index contributed by atoms with van der Waals surface area (Å²) in [6.07, 6.45) is -3.66. The molecule has 3 heterocycles. The Hall–Kier alpha value is -3.44. The molecular formula is C25H25F3N4O4. The second kappa shape index (κ2) is 9.90. The molecule has 11 heteroatoms. The average molecular weight is 502 g/mol. The molecule has 1 unspecified atom stereocenters. The fourth-order valence-corrected chi connectivity index (χ4v) is 4.53. The predicted octanol–water partition coefficient (Wildman–Crippen LogP) is 3.84. The van der Waals surface area contributed by atoms with Crippen molar-refractivity contribution in [1.82, 2.24) is 14.9 Å². The molecule has 2 aliphatic heterocycles. The number of ether oxygens (including phenoxy) is 3. The number of morpholine rings is 1. The Morgan fingerprint density at radius 3 is 2.69 bits per heavy atom. The summed E-state index contributed by atoms with van der Waals surface area (Å²) in [6.45, 7) is 4.79. The van der Waals surface area contributed by atoms with Crippen LogP contribution in [-0.4, -0.2) is 67.3 Å². The van der Waals surface area contributed by atoms with E-state index in [1.54, 1.807) is 18.2 Å². The Morgan fingerprint density at radius 1 is 1.14 bits per heavy atom. The van der Waals surface area contributed by atoms with E-state index < -0.39 is 23.6 Å². The molecule has 1 saturated heterocycles. The van der Waals surface area contributed by atoms with Gasteiger partial charge >= 0.3 is 12.2 Å². The quantitative estimate of drug-likeness (QED) is 0.492. The summed E-state index contributed by atoms with van der Waals surface area (Å²) in [7, 11) is 1.41. The lowest BCUT2D eigenvalue weighted by Gasteiger charge is -2.26. The molecule has 190 valence electrons. The van der Waals surface area contributed by atoms with Crippen LogP contribution in [-0.2, 0) is 15.7 Å². The minimum atomic E-state index is -4.51. The molecular weight excluding hydrogens is 477 g/mol. The van der Waals surface area contributed by atoms with Crippen molar-refractivity contribution in [1.29, 1.82) is 0 Å². The van der Waals surface area contributed by atoms with Crippen molar-refractivity contribution in [2.24, 2.45) is 0 Å². The van der Waals surface area contributed by atoms with Gasteiger partial charge in [-0.2, -0.15) is 23.1 Å². The van der Waals surface area contributed by atoms with E-state index in [4.69, 9.17) is 14.2 Å². The number of carbonyl (C=O) groups excluding carboxylic acids is 1. The number of benzene rings is 2. The molecule has 8 nitrogen and oxygen atoms in total. The number of anilines is 1. The van der Waals surface area contributed by atoms with Crippen LogP contribution in [0.25, 0.3) is 10.9 Å². The van der Waals surface area contributed by atoms with E-state index in [1.807, 2.05) is 0 Å². The number of aromatic nitrogens is 2. The Kier molecular flexibility index (Phi) is 6.67. The first-order chi connectivity index (χ1) is 17.3. The fourth-order valence-electron chi connectivity index (χ4n) is 4.53.